The molecule has 0 radical (unpaired) electrons. The lowest BCUT2D eigenvalue weighted by Crippen LogP contribution is -2.18. The maximum atomic E-state index is 10.8. The Hall–Kier alpha value is -1.47. The lowest BCUT2D eigenvalue weighted by Gasteiger charge is -2.28. The third kappa shape index (κ3) is 4.82. The molecule has 0 aliphatic carbocycles. The van der Waals surface area contributed by atoms with Gasteiger partial charge in [-0.15, -0.1) is 0 Å². The molecule has 0 unspecified atom stereocenters. The Labute approximate surface area is 166 Å². The highest BCUT2D eigenvalue weighted by Crippen LogP contribution is 2.41. The minimum absolute atomic E-state index is 0.201. The minimum Gasteiger partial charge on any atom is -0.507 e. The molecule has 5 nitrogen and oxygen atoms in total. The highest BCUT2D eigenvalue weighted by molar-refractivity contribution is 7.79. The predicted molar refractivity (Wildman–Crippen MR) is 114 cm³/mol. The van der Waals surface area contributed by atoms with Crippen LogP contribution in [0.3, 0.4) is 0 Å². The Morgan fingerprint density at radius 3 is 1.62 bits per heavy atom. The second-order valence-electron chi connectivity index (χ2n) is 8.35. The summed E-state index contributed by atoms with van der Waals surface area (Å²) < 4.78 is 0. The molecular formula is C19H28N4OS2. The zero-order chi connectivity index (χ0) is 19.7. The van der Waals surface area contributed by atoms with E-state index in [2.05, 4.69) is 87.1 Å². The van der Waals surface area contributed by atoms with E-state index in [1.54, 1.807) is 0 Å². The molecular weight excluding hydrogens is 364 g/mol. The molecule has 0 amide bonds. The molecule has 0 atom stereocenters. The van der Waals surface area contributed by atoms with Crippen molar-refractivity contribution in [1.29, 1.82) is 0 Å². The molecule has 2 rings (SSSR count). The van der Waals surface area contributed by atoms with Gasteiger partial charge in [-0.25, -0.2) is 4.98 Å². The van der Waals surface area contributed by atoms with Crippen LogP contribution in [0, 0.1) is 0 Å². The van der Waals surface area contributed by atoms with Gasteiger partial charge in [0, 0.05) is 16.8 Å². The predicted octanol–water partition coefficient (Wildman–Crippen LogP) is 4.78. The number of nitrogens with one attached hydrogen (secondary N) is 1. The SMILES string of the molecule is CC(C)(C)c1cc(Nc2nc(CS)nc(CS)n2)cc(C(C)(C)C)c1O. The number of phenolic OH excluding ortho intramolecular Hbond substituents is 1. The van der Waals surface area contributed by atoms with Crippen molar-refractivity contribution in [2.24, 2.45) is 0 Å². The fourth-order valence-corrected chi connectivity index (χ4v) is 2.93. The van der Waals surface area contributed by atoms with Gasteiger partial charge in [0.25, 0.3) is 0 Å². The zero-order valence-corrected chi connectivity index (χ0v) is 18.0. The van der Waals surface area contributed by atoms with Crippen molar-refractivity contribution in [3.63, 3.8) is 0 Å². The van der Waals surface area contributed by atoms with Crippen molar-refractivity contribution in [2.45, 2.75) is 63.9 Å². The first-order chi connectivity index (χ1) is 12.0. The average Bonchev–Trinajstić information content (AvgIpc) is 2.53. The Morgan fingerprint density at radius 1 is 0.846 bits per heavy atom. The molecule has 1 heterocycles. The fraction of sp³-hybridized carbons (Fsp3) is 0.526. The van der Waals surface area contributed by atoms with Crippen molar-refractivity contribution in [3.05, 3.63) is 34.9 Å². The van der Waals surface area contributed by atoms with Gasteiger partial charge in [0.1, 0.15) is 17.4 Å². The molecule has 142 valence electrons. The van der Waals surface area contributed by atoms with Gasteiger partial charge < -0.3 is 10.4 Å². The molecule has 0 saturated heterocycles. The van der Waals surface area contributed by atoms with Crippen molar-refractivity contribution >= 4 is 36.9 Å². The molecule has 2 aromatic rings. The summed E-state index contributed by atoms with van der Waals surface area (Å²) in [5.41, 5.74) is 2.19. The van der Waals surface area contributed by atoms with Crippen LogP contribution in [-0.2, 0) is 22.3 Å². The topological polar surface area (TPSA) is 70.9 Å². The first-order valence-electron chi connectivity index (χ1n) is 8.56. The fourth-order valence-electron chi connectivity index (χ4n) is 2.64. The average molecular weight is 393 g/mol. The summed E-state index contributed by atoms with van der Waals surface area (Å²) in [5, 5.41) is 14.1. The van der Waals surface area contributed by atoms with Crippen molar-refractivity contribution in [2.75, 3.05) is 5.32 Å². The van der Waals surface area contributed by atoms with E-state index in [4.69, 9.17) is 0 Å². The number of rotatable bonds is 4. The number of nitrogens with zero attached hydrogens (tertiary/aromatic N) is 3. The molecule has 0 bridgehead atoms. The van der Waals surface area contributed by atoms with Crippen LogP contribution in [0.15, 0.2) is 12.1 Å². The molecule has 1 aromatic heterocycles. The second-order valence-corrected chi connectivity index (χ2v) is 8.99. The Balaban J connectivity index is 2.57. The van der Waals surface area contributed by atoms with Crippen molar-refractivity contribution in [3.8, 4) is 5.75 Å². The van der Waals surface area contributed by atoms with Gasteiger partial charge >= 0.3 is 0 Å². The summed E-state index contributed by atoms with van der Waals surface area (Å²) >= 11 is 8.51. The van der Waals surface area contributed by atoms with Crippen molar-refractivity contribution in [1.82, 2.24) is 15.0 Å². The molecule has 0 aliphatic rings. The quantitative estimate of drug-likeness (QED) is 0.445. The van der Waals surface area contributed by atoms with Gasteiger partial charge in [0.2, 0.25) is 5.95 Å². The summed E-state index contributed by atoms with van der Waals surface area (Å²) in [6.45, 7) is 12.5. The molecule has 1 aromatic carbocycles. The van der Waals surface area contributed by atoms with Gasteiger partial charge in [-0.3, -0.25) is 0 Å². The van der Waals surface area contributed by atoms with E-state index in [0.717, 1.165) is 16.8 Å². The number of anilines is 2. The molecule has 0 saturated carbocycles. The maximum absolute atomic E-state index is 10.8. The van der Waals surface area contributed by atoms with E-state index < -0.39 is 0 Å². The Bertz CT molecular complexity index is 738. The van der Waals surface area contributed by atoms with E-state index in [1.807, 2.05) is 12.1 Å². The van der Waals surface area contributed by atoms with E-state index in [0.29, 0.717) is 34.9 Å². The van der Waals surface area contributed by atoms with Crippen LogP contribution in [0.25, 0.3) is 0 Å². The number of benzene rings is 1. The molecule has 2 N–H and O–H groups in total. The minimum atomic E-state index is -0.201. The van der Waals surface area contributed by atoms with Gasteiger partial charge in [-0.1, -0.05) is 41.5 Å². The van der Waals surface area contributed by atoms with E-state index in [9.17, 15) is 5.11 Å². The van der Waals surface area contributed by atoms with Gasteiger partial charge in [0.15, 0.2) is 0 Å². The number of hydrogen-bond donors (Lipinski definition) is 4. The highest BCUT2D eigenvalue weighted by Gasteiger charge is 2.26. The lowest BCUT2D eigenvalue weighted by molar-refractivity contribution is 0.423. The lowest BCUT2D eigenvalue weighted by atomic mass is 9.79. The van der Waals surface area contributed by atoms with Gasteiger partial charge in [-0.2, -0.15) is 35.2 Å². The third-order valence-electron chi connectivity index (χ3n) is 3.99. The van der Waals surface area contributed by atoms with Crippen molar-refractivity contribution < 1.29 is 5.11 Å². The third-order valence-corrected chi connectivity index (χ3v) is 4.56. The first kappa shape index (κ1) is 20.8. The second kappa shape index (κ2) is 7.64. The monoisotopic (exact) mass is 392 g/mol. The summed E-state index contributed by atoms with van der Waals surface area (Å²) in [7, 11) is 0. The molecule has 0 fully saturated rings. The normalized spacial score (nSPS) is 12.3. The molecule has 7 heteroatoms. The Morgan fingerprint density at radius 2 is 1.27 bits per heavy atom. The summed E-state index contributed by atoms with van der Waals surface area (Å²) in [4.78, 5) is 13.1. The molecule has 26 heavy (non-hydrogen) atoms. The highest BCUT2D eigenvalue weighted by atomic mass is 32.1. The summed E-state index contributed by atoms with van der Waals surface area (Å²) in [6.07, 6.45) is 0. The van der Waals surface area contributed by atoms with Gasteiger partial charge in [-0.05, 0) is 23.0 Å². The van der Waals surface area contributed by atoms with E-state index in [-0.39, 0.29) is 10.8 Å². The Kier molecular flexibility index (Phi) is 6.13. The van der Waals surface area contributed by atoms with Crippen LogP contribution in [0.4, 0.5) is 11.6 Å². The maximum Gasteiger partial charge on any atom is 0.230 e. The van der Waals surface area contributed by atoms with E-state index in [1.165, 1.54) is 0 Å². The smallest absolute Gasteiger partial charge is 0.230 e. The number of aromatic nitrogens is 3. The van der Waals surface area contributed by atoms with Gasteiger partial charge in [0.05, 0.1) is 11.5 Å². The van der Waals surface area contributed by atoms with Crippen LogP contribution in [-0.4, -0.2) is 20.1 Å². The summed E-state index contributed by atoms with van der Waals surface area (Å²) in [6, 6.07) is 3.91. The number of hydrogen-bond acceptors (Lipinski definition) is 7. The molecule has 0 aliphatic heterocycles. The van der Waals surface area contributed by atoms with Crippen LogP contribution >= 0.6 is 25.3 Å². The number of aromatic hydroxyl groups is 1. The molecule has 0 spiro atoms. The van der Waals surface area contributed by atoms with E-state index >= 15 is 0 Å². The number of thiol groups is 2. The van der Waals surface area contributed by atoms with Crippen LogP contribution in [0.1, 0.15) is 64.3 Å². The summed E-state index contributed by atoms with van der Waals surface area (Å²) in [5.74, 6) is 2.85. The van der Waals surface area contributed by atoms with Crippen LogP contribution < -0.4 is 5.32 Å². The number of phenols is 1. The largest absolute Gasteiger partial charge is 0.507 e. The standard InChI is InChI=1S/C19H28N4OS2/c1-18(2,3)12-7-11(8-13(16(12)24)19(4,5)6)20-17-22-14(9-25)21-15(10-26)23-17/h7-8,24-26H,9-10H2,1-6H3,(H,20,21,22,23). The van der Waals surface area contributed by atoms with Crippen LogP contribution in [0.2, 0.25) is 0 Å². The first-order valence-corrected chi connectivity index (χ1v) is 9.82. The zero-order valence-electron chi connectivity index (χ0n) is 16.3. The van der Waals surface area contributed by atoms with Crippen LogP contribution in [0.5, 0.6) is 5.75 Å².